The summed E-state index contributed by atoms with van der Waals surface area (Å²) in [7, 11) is 0. The molecule has 1 saturated heterocycles. The minimum Gasteiger partial charge on any atom is -0.360 e. The van der Waals surface area contributed by atoms with Gasteiger partial charge in [0, 0.05) is 27.3 Å². The highest BCUT2D eigenvalue weighted by Gasteiger charge is 2.21. The molecule has 1 fully saturated rings. The van der Waals surface area contributed by atoms with Crippen molar-refractivity contribution < 1.29 is 10.1 Å². The smallest absolute Gasteiger partial charge is 0.259 e. The number of halogens is 1. The van der Waals surface area contributed by atoms with Crippen LogP contribution in [0.3, 0.4) is 0 Å². The zero-order valence-corrected chi connectivity index (χ0v) is 18.6. The Kier molecular flexibility index (Phi) is 5.35. The van der Waals surface area contributed by atoms with Crippen LogP contribution in [0, 0.1) is 6.92 Å². The van der Waals surface area contributed by atoms with Gasteiger partial charge in [-0.2, -0.15) is 0 Å². The number of nitrogens with two attached hydrogens (primary N) is 1. The van der Waals surface area contributed by atoms with E-state index in [9.17, 15) is 4.79 Å². The van der Waals surface area contributed by atoms with Crippen LogP contribution in [0.5, 0.6) is 0 Å². The number of hydrogen-bond acceptors (Lipinski definition) is 5. The Labute approximate surface area is 188 Å². The summed E-state index contributed by atoms with van der Waals surface area (Å²) in [4.78, 5) is 28.7. The molecule has 0 atom stereocenters. The molecule has 0 aliphatic carbocycles. The van der Waals surface area contributed by atoms with Gasteiger partial charge in [0.15, 0.2) is 5.13 Å². The maximum Gasteiger partial charge on any atom is 0.259 e. The van der Waals surface area contributed by atoms with E-state index in [1.807, 2.05) is 31.2 Å². The quantitative estimate of drug-likeness (QED) is 0.442. The summed E-state index contributed by atoms with van der Waals surface area (Å²) in [6.07, 6.45) is 1.74. The van der Waals surface area contributed by atoms with E-state index in [0.29, 0.717) is 27.1 Å². The number of thiazole rings is 1. The number of benzene rings is 2. The van der Waals surface area contributed by atoms with Crippen LogP contribution in [-0.4, -0.2) is 47.0 Å². The van der Waals surface area contributed by atoms with Crippen molar-refractivity contribution in [2.24, 2.45) is 0 Å². The lowest BCUT2D eigenvalue weighted by atomic mass is 10.1. The van der Waals surface area contributed by atoms with Crippen LogP contribution < -0.4 is 15.5 Å². The van der Waals surface area contributed by atoms with E-state index in [2.05, 4.69) is 31.6 Å². The maximum atomic E-state index is 12.9. The molecule has 0 bridgehead atoms. The number of nitrogens with one attached hydrogen (secondary N) is 2. The summed E-state index contributed by atoms with van der Waals surface area (Å²) in [5.74, 6) is 0.475. The van der Waals surface area contributed by atoms with Gasteiger partial charge < -0.3 is 15.2 Å². The molecular weight excluding hydrogens is 432 g/mol. The number of fused-ring (bicyclic) bond motifs is 1. The number of amides is 1. The number of carbonyl (C=O) groups is 1. The molecule has 158 valence electrons. The Morgan fingerprint density at radius 1 is 1.26 bits per heavy atom. The molecule has 5 rings (SSSR count). The number of piperazine rings is 1. The van der Waals surface area contributed by atoms with Crippen molar-refractivity contribution in [2.45, 2.75) is 6.92 Å². The molecule has 2 aromatic heterocycles. The zero-order valence-electron chi connectivity index (χ0n) is 17.0. The van der Waals surface area contributed by atoms with Crippen molar-refractivity contribution in [2.75, 3.05) is 36.4 Å². The highest BCUT2D eigenvalue weighted by Crippen LogP contribution is 2.33. The van der Waals surface area contributed by atoms with Crippen LogP contribution in [0.4, 0.5) is 10.8 Å². The monoisotopic (exact) mass is 453 g/mol. The maximum absolute atomic E-state index is 12.9. The number of anilines is 2. The number of para-hydroxylation sites is 1. The fourth-order valence-electron chi connectivity index (χ4n) is 3.88. The van der Waals surface area contributed by atoms with Crippen molar-refractivity contribution in [3.63, 3.8) is 0 Å². The summed E-state index contributed by atoms with van der Waals surface area (Å²) in [5, 5.41) is 6.43. The largest absolute Gasteiger partial charge is 0.360 e. The van der Waals surface area contributed by atoms with Gasteiger partial charge in [0.1, 0.15) is 11.3 Å². The average Bonchev–Trinajstić information content (AvgIpc) is 3.40. The number of imidazole rings is 1. The van der Waals surface area contributed by atoms with E-state index in [-0.39, 0.29) is 5.91 Å². The summed E-state index contributed by atoms with van der Waals surface area (Å²) in [5.41, 5.74) is 3.97. The Balaban J connectivity index is 1.54. The number of aromatic amines is 1. The van der Waals surface area contributed by atoms with E-state index in [1.54, 1.807) is 12.3 Å². The van der Waals surface area contributed by atoms with Gasteiger partial charge in [0.2, 0.25) is 0 Å². The second-order valence-corrected chi connectivity index (χ2v) is 9.20. The number of quaternary nitrogens is 1. The van der Waals surface area contributed by atoms with Crippen LogP contribution in [0.15, 0.2) is 42.6 Å². The molecule has 9 heteroatoms. The molecule has 31 heavy (non-hydrogen) atoms. The Morgan fingerprint density at radius 2 is 2.10 bits per heavy atom. The summed E-state index contributed by atoms with van der Waals surface area (Å²) in [6.45, 7) is 6.01. The Bertz CT molecular complexity index is 1260. The van der Waals surface area contributed by atoms with Crippen molar-refractivity contribution >= 4 is 50.7 Å². The number of rotatable bonds is 4. The van der Waals surface area contributed by atoms with Crippen LogP contribution in [0.2, 0.25) is 5.02 Å². The van der Waals surface area contributed by atoms with E-state index in [0.717, 1.165) is 47.8 Å². The molecule has 1 aliphatic heterocycles. The number of carbonyl (C=O) groups excluding carboxylic acids is 1. The van der Waals surface area contributed by atoms with Crippen LogP contribution >= 0.6 is 22.9 Å². The van der Waals surface area contributed by atoms with E-state index >= 15 is 0 Å². The predicted molar refractivity (Wildman–Crippen MR) is 125 cm³/mol. The van der Waals surface area contributed by atoms with Gasteiger partial charge in [-0.15, -0.1) is 11.3 Å². The Hall–Kier alpha value is -2.94. The lowest BCUT2D eigenvalue weighted by molar-refractivity contribution is -0.655. The molecule has 2 aromatic carbocycles. The predicted octanol–water partition coefficient (Wildman–Crippen LogP) is 3.28. The normalized spacial score (nSPS) is 14.2. The van der Waals surface area contributed by atoms with Crippen LogP contribution in [-0.2, 0) is 0 Å². The number of aryl methyl sites for hydroxylation is 1. The highest BCUT2D eigenvalue weighted by atomic mass is 35.5. The summed E-state index contributed by atoms with van der Waals surface area (Å²) < 4.78 is 0. The highest BCUT2D eigenvalue weighted by molar-refractivity contribution is 7.15. The molecule has 0 radical (unpaired) electrons. The van der Waals surface area contributed by atoms with Gasteiger partial charge in [-0.25, -0.2) is 9.97 Å². The second kappa shape index (κ2) is 8.30. The lowest BCUT2D eigenvalue weighted by Crippen LogP contribution is -2.89. The van der Waals surface area contributed by atoms with E-state index in [1.165, 1.54) is 11.3 Å². The zero-order chi connectivity index (χ0) is 21.4. The third kappa shape index (κ3) is 4.01. The molecule has 7 nitrogen and oxygen atoms in total. The van der Waals surface area contributed by atoms with Gasteiger partial charge in [0.05, 0.1) is 37.3 Å². The van der Waals surface area contributed by atoms with Gasteiger partial charge in [-0.05, 0) is 37.3 Å². The number of H-pyrrole nitrogens is 1. The van der Waals surface area contributed by atoms with Crippen molar-refractivity contribution in [3.8, 4) is 11.4 Å². The number of nitrogens with zero attached hydrogens (tertiary/aromatic N) is 3. The first-order valence-electron chi connectivity index (χ1n) is 10.2. The fraction of sp³-hybridized carbons (Fsp3) is 0.227. The molecule has 1 aliphatic rings. The first-order chi connectivity index (χ1) is 15.1. The fourth-order valence-corrected chi connectivity index (χ4v) is 4.72. The van der Waals surface area contributed by atoms with Crippen LogP contribution in [0.25, 0.3) is 22.4 Å². The summed E-state index contributed by atoms with van der Waals surface area (Å²) >= 11 is 7.79. The van der Waals surface area contributed by atoms with Crippen LogP contribution in [0.1, 0.15) is 15.2 Å². The van der Waals surface area contributed by atoms with Crippen molar-refractivity contribution in [1.82, 2.24) is 15.0 Å². The molecular formula is C22H22ClN6OS+. The van der Waals surface area contributed by atoms with Crippen molar-refractivity contribution in [1.29, 1.82) is 0 Å². The SMILES string of the molecule is Cc1cnc(NC(=O)c2cccc3[nH]c(-c4cc(Cl)ccc4N4CC[NH2+]CC4)nc23)s1. The van der Waals surface area contributed by atoms with E-state index in [4.69, 9.17) is 16.6 Å². The second-order valence-electron chi connectivity index (χ2n) is 7.53. The van der Waals surface area contributed by atoms with Gasteiger partial charge >= 0.3 is 0 Å². The van der Waals surface area contributed by atoms with Gasteiger partial charge in [-0.1, -0.05) is 17.7 Å². The third-order valence-electron chi connectivity index (χ3n) is 5.36. The standard InChI is InChI=1S/C22H21ClN6OS/c1-13-12-25-22(31-13)28-21(30)15-3-2-4-17-19(15)27-20(26-17)16-11-14(23)5-6-18(16)29-9-7-24-8-10-29/h2-6,11-12,24H,7-10H2,1H3,(H,26,27)(H,25,28,30)/p+1. The number of aromatic nitrogens is 3. The molecule has 1 amide bonds. The first-order valence-corrected chi connectivity index (χ1v) is 11.4. The molecule has 3 heterocycles. The molecule has 0 saturated carbocycles. The van der Waals surface area contributed by atoms with Gasteiger partial charge in [0.25, 0.3) is 5.91 Å². The molecule has 0 unspecified atom stereocenters. The Morgan fingerprint density at radius 3 is 2.87 bits per heavy atom. The third-order valence-corrected chi connectivity index (χ3v) is 6.42. The molecule has 0 spiro atoms. The van der Waals surface area contributed by atoms with Gasteiger partial charge in [-0.3, -0.25) is 10.1 Å². The summed E-state index contributed by atoms with van der Waals surface area (Å²) in [6, 6.07) is 11.5. The first kappa shape index (κ1) is 20.0. The number of hydrogen-bond donors (Lipinski definition) is 3. The lowest BCUT2D eigenvalue weighted by Gasteiger charge is -2.29. The minimum absolute atomic E-state index is 0.226. The molecule has 4 N–H and O–H groups in total. The minimum atomic E-state index is -0.226. The molecule has 4 aromatic rings. The average molecular weight is 454 g/mol. The van der Waals surface area contributed by atoms with E-state index < -0.39 is 0 Å². The topological polar surface area (TPSA) is 90.5 Å². The van der Waals surface area contributed by atoms with Crippen molar-refractivity contribution in [3.05, 3.63) is 58.1 Å².